The van der Waals surface area contributed by atoms with Gasteiger partial charge in [0.25, 0.3) is 5.91 Å². The molecule has 3 aromatic rings. The third-order valence-corrected chi connectivity index (χ3v) is 8.80. The molecule has 4 rings (SSSR count). The van der Waals surface area contributed by atoms with Gasteiger partial charge in [0.15, 0.2) is 4.80 Å². The van der Waals surface area contributed by atoms with E-state index in [2.05, 4.69) is 18.8 Å². The first kappa shape index (κ1) is 23.7. The van der Waals surface area contributed by atoms with Gasteiger partial charge in [0.2, 0.25) is 10.0 Å². The molecule has 2 atom stereocenters. The molecule has 7 nitrogen and oxygen atoms in total. The Labute approximate surface area is 198 Å². The predicted molar refractivity (Wildman–Crippen MR) is 130 cm³/mol. The zero-order chi connectivity index (χ0) is 23.8. The standard InChI is InChI=1S/C24H29N3O4S2/c1-5-31-19-8-11-21-22(13-19)32-24(26(21)4)25-23(28)18-6-9-20(10-7-18)33(29,30)27-14-16(2)12-17(3)15-27/h6-11,13,16-17H,5,12,14-15H2,1-4H3/t16-,17-/m1/s1. The van der Waals surface area contributed by atoms with E-state index in [1.807, 2.05) is 36.7 Å². The van der Waals surface area contributed by atoms with E-state index < -0.39 is 15.9 Å². The molecule has 0 bridgehead atoms. The number of piperidine rings is 1. The van der Waals surface area contributed by atoms with Crippen LogP contribution in [0.15, 0.2) is 52.4 Å². The highest BCUT2D eigenvalue weighted by Crippen LogP contribution is 2.27. The zero-order valence-corrected chi connectivity index (χ0v) is 20.9. The normalized spacial score (nSPS) is 20.3. The SMILES string of the molecule is CCOc1ccc2c(c1)sc(=NC(=O)c1ccc(S(=O)(=O)N3C[C@H](C)C[C@@H](C)C3)cc1)n2C. The van der Waals surface area contributed by atoms with E-state index in [4.69, 9.17) is 4.74 Å². The Bertz CT molecular complexity index is 1330. The Balaban J connectivity index is 1.59. The van der Waals surface area contributed by atoms with Gasteiger partial charge in [-0.15, -0.1) is 0 Å². The number of rotatable bonds is 5. The molecular formula is C24H29N3O4S2. The Morgan fingerprint density at radius 2 is 1.79 bits per heavy atom. The van der Waals surface area contributed by atoms with Crippen molar-refractivity contribution in [1.29, 1.82) is 0 Å². The predicted octanol–water partition coefficient (Wildman–Crippen LogP) is 4.05. The number of sulfonamides is 1. The molecule has 1 fully saturated rings. The Hall–Kier alpha value is -2.49. The number of aromatic nitrogens is 1. The van der Waals surface area contributed by atoms with Crippen LogP contribution in [0, 0.1) is 11.8 Å². The van der Waals surface area contributed by atoms with Crippen molar-refractivity contribution in [3.8, 4) is 5.75 Å². The van der Waals surface area contributed by atoms with Crippen LogP contribution in [0.2, 0.25) is 0 Å². The van der Waals surface area contributed by atoms with Gasteiger partial charge in [0.05, 0.1) is 21.7 Å². The second-order valence-electron chi connectivity index (χ2n) is 8.72. The van der Waals surface area contributed by atoms with Crippen molar-refractivity contribution in [2.45, 2.75) is 32.1 Å². The number of thiazole rings is 1. The summed E-state index contributed by atoms with van der Waals surface area (Å²) in [5.74, 6) is 1.02. The van der Waals surface area contributed by atoms with Crippen LogP contribution in [-0.2, 0) is 17.1 Å². The molecule has 1 amide bonds. The van der Waals surface area contributed by atoms with Gasteiger partial charge in [-0.1, -0.05) is 25.2 Å². The Morgan fingerprint density at radius 1 is 1.12 bits per heavy atom. The summed E-state index contributed by atoms with van der Waals surface area (Å²) in [4.78, 5) is 17.9. The highest BCUT2D eigenvalue weighted by molar-refractivity contribution is 7.89. The third-order valence-electron chi connectivity index (χ3n) is 5.86. The molecule has 0 unspecified atom stereocenters. The maximum absolute atomic E-state index is 13.1. The molecule has 1 aliphatic heterocycles. The number of ether oxygens (including phenoxy) is 1. The molecule has 1 aliphatic rings. The third kappa shape index (κ3) is 4.90. The van der Waals surface area contributed by atoms with Crippen LogP contribution < -0.4 is 9.54 Å². The fraction of sp³-hybridized carbons (Fsp3) is 0.417. The second kappa shape index (κ2) is 9.40. The lowest BCUT2D eigenvalue weighted by molar-refractivity contribution is 0.0998. The molecule has 9 heteroatoms. The monoisotopic (exact) mass is 487 g/mol. The quantitative estimate of drug-likeness (QED) is 0.544. The average Bonchev–Trinajstić information content (AvgIpc) is 3.08. The van der Waals surface area contributed by atoms with E-state index in [9.17, 15) is 13.2 Å². The van der Waals surface area contributed by atoms with Crippen molar-refractivity contribution >= 4 is 37.5 Å². The van der Waals surface area contributed by atoms with Crippen molar-refractivity contribution in [3.05, 3.63) is 52.8 Å². The van der Waals surface area contributed by atoms with Crippen LogP contribution >= 0.6 is 11.3 Å². The van der Waals surface area contributed by atoms with Crippen LogP contribution in [0.5, 0.6) is 5.75 Å². The van der Waals surface area contributed by atoms with Gasteiger partial charge in [0.1, 0.15) is 5.75 Å². The van der Waals surface area contributed by atoms with Gasteiger partial charge in [-0.3, -0.25) is 4.79 Å². The molecule has 1 saturated heterocycles. The van der Waals surface area contributed by atoms with Crippen molar-refractivity contribution < 1.29 is 17.9 Å². The number of hydrogen-bond acceptors (Lipinski definition) is 5. The molecule has 0 saturated carbocycles. The first-order chi connectivity index (χ1) is 15.7. The molecular weight excluding hydrogens is 458 g/mol. The van der Waals surface area contributed by atoms with Gasteiger partial charge < -0.3 is 9.30 Å². The lowest BCUT2D eigenvalue weighted by Gasteiger charge is -2.34. The van der Waals surface area contributed by atoms with E-state index in [0.717, 1.165) is 22.4 Å². The van der Waals surface area contributed by atoms with Crippen LogP contribution in [-0.4, -0.2) is 42.9 Å². The summed E-state index contributed by atoms with van der Waals surface area (Å²) in [6.45, 7) is 7.72. The minimum Gasteiger partial charge on any atom is -0.494 e. The first-order valence-electron chi connectivity index (χ1n) is 11.1. The number of benzene rings is 2. The Morgan fingerprint density at radius 3 is 2.42 bits per heavy atom. The van der Waals surface area contributed by atoms with E-state index >= 15 is 0 Å². The van der Waals surface area contributed by atoms with Crippen molar-refractivity contribution in [2.24, 2.45) is 23.9 Å². The summed E-state index contributed by atoms with van der Waals surface area (Å²) < 4.78 is 36.1. The number of fused-ring (bicyclic) bond motifs is 1. The van der Waals surface area contributed by atoms with E-state index in [1.54, 1.807) is 4.31 Å². The van der Waals surface area contributed by atoms with Crippen molar-refractivity contribution in [3.63, 3.8) is 0 Å². The van der Waals surface area contributed by atoms with E-state index in [1.165, 1.54) is 35.6 Å². The smallest absolute Gasteiger partial charge is 0.279 e. The van der Waals surface area contributed by atoms with Crippen molar-refractivity contribution in [2.75, 3.05) is 19.7 Å². The lowest BCUT2D eigenvalue weighted by atomic mass is 9.94. The van der Waals surface area contributed by atoms with Crippen LogP contribution in [0.4, 0.5) is 0 Å². The first-order valence-corrected chi connectivity index (χ1v) is 13.4. The lowest BCUT2D eigenvalue weighted by Crippen LogP contribution is -2.42. The number of aryl methyl sites for hydroxylation is 1. The van der Waals surface area contributed by atoms with Gasteiger partial charge in [0, 0.05) is 25.7 Å². The molecule has 0 N–H and O–H groups in total. The number of nitrogens with zero attached hydrogens (tertiary/aromatic N) is 3. The summed E-state index contributed by atoms with van der Waals surface area (Å²) in [5, 5.41) is 0. The molecule has 2 aromatic carbocycles. The maximum Gasteiger partial charge on any atom is 0.279 e. The van der Waals surface area contributed by atoms with Crippen LogP contribution in [0.3, 0.4) is 0 Å². The molecule has 0 spiro atoms. The zero-order valence-electron chi connectivity index (χ0n) is 19.3. The minimum atomic E-state index is -3.58. The van der Waals surface area contributed by atoms with Gasteiger partial charge in [-0.25, -0.2) is 8.42 Å². The molecule has 176 valence electrons. The highest BCUT2D eigenvalue weighted by atomic mass is 32.2. The van der Waals surface area contributed by atoms with Gasteiger partial charge in [-0.2, -0.15) is 9.30 Å². The molecule has 33 heavy (non-hydrogen) atoms. The van der Waals surface area contributed by atoms with Crippen LogP contribution in [0.1, 0.15) is 37.6 Å². The maximum atomic E-state index is 13.1. The molecule has 1 aromatic heterocycles. The Kier molecular flexibility index (Phi) is 6.74. The number of hydrogen-bond donors (Lipinski definition) is 0. The topological polar surface area (TPSA) is 81.0 Å². The summed E-state index contributed by atoms with van der Waals surface area (Å²) in [6.07, 6.45) is 1.03. The van der Waals surface area contributed by atoms with E-state index in [0.29, 0.717) is 41.9 Å². The number of carbonyl (C=O) groups excluding carboxylic acids is 1. The molecule has 0 aliphatic carbocycles. The highest BCUT2D eigenvalue weighted by Gasteiger charge is 2.31. The summed E-state index contributed by atoms with van der Waals surface area (Å²) in [6, 6.07) is 11.9. The number of amides is 1. The van der Waals surface area contributed by atoms with Crippen molar-refractivity contribution in [1.82, 2.24) is 8.87 Å². The minimum absolute atomic E-state index is 0.205. The largest absolute Gasteiger partial charge is 0.494 e. The van der Waals surface area contributed by atoms with Gasteiger partial charge >= 0.3 is 0 Å². The van der Waals surface area contributed by atoms with Gasteiger partial charge in [-0.05, 0) is 67.6 Å². The fourth-order valence-electron chi connectivity index (χ4n) is 4.35. The summed E-state index contributed by atoms with van der Waals surface area (Å²) >= 11 is 1.41. The number of carbonyl (C=O) groups is 1. The second-order valence-corrected chi connectivity index (χ2v) is 11.7. The molecule has 0 radical (unpaired) electrons. The van der Waals surface area contributed by atoms with Crippen LogP contribution in [0.25, 0.3) is 10.2 Å². The average molecular weight is 488 g/mol. The van der Waals surface area contributed by atoms with E-state index in [-0.39, 0.29) is 4.90 Å². The molecule has 2 heterocycles. The fourth-order valence-corrected chi connectivity index (χ4v) is 7.07. The summed E-state index contributed by atoms with van der Waals surface area (Å²) in [5.41, 5.74) is 1.31. The summed E-state index contributed by atoms with van der Waals surface area (Å²) in [7, 11) is -1.72.